The summed E-state index contributed by atoms with van der Waals surface area (Å²) in [6, 6.07) is 63.0. The maximum Gasteiger partial charge on any atom is 0.0942 e. The summed E-state index contributed by atoms with van der Waals surface area (Å²) in [5, 5.41) is 5.96. The zero-order valence-corrected chi connectivity index (χ0v) is 26.6. The van der Waals surface area contributed by atoms with Gasteiger partial charge in [0.1, 0.15) is 0 Å². The zero-order chi connectivity index (χ0) is 32.3. The van der Waals surface area contributed by atoms with Crippen molar-refractivity contribution in [3.8, 4) is 11.4 Å². The van der Waals surface area contributed by atoms with E-state index in [4.69, 9.17) is 4.98 Å². The molecular formula is C45H30N4. The molecule has 0 spiro atoms. The van der Waals surface area contributed by atoms with Crippen LogP contribution in [0, 0.1) is 0 Å². The lowest BCUT2D eigenvalue weighted by atomic mass is 10.1. The van der Waals surface area contributed by atoms with E-state index < -0.39 is 0 Å². The second kappa shape index (κ2) is 11.0. The highest BCUT2D eigenvalue weighted by Crippen LogP contribution is 2.43. The molecule has 0 bridgehead atoms. The molecule has 10 rings (SSSR count). The van der Waals surface area contributed by atoms with Crippen LogP contribution in [0.15, 0.2) is 182 Å². The molecule has 3 heterocycles. The van der Waals surface area contributed by atoms with Gasteiger partial charge in [0.2, 0.25) is 0 Å². The first kappa shape index (κ1) is 27.5. The Labute approximate surface area is 283 Å². The molecule has 7 aromatic carbocycles. The van der Waals surface area contributed by atoms with Crippen molar-refractivity contribution < 1.29 is 0 Å². The van der Waals surface area contributed by atoms with Gasteiger partial charge in [0.05, 0.1) is 33.3 Å². The van der Waals surface area contributed by atoms with E-state index in [2.05, 4.69) is 184 Å². The summed E-state index contributed by atoms with van der Waals surface area (Å²) in [4.78, 5) is 7.29. The molecule has 0 fully saturated rings. The summed E-state index contributed by atoms with van der Waals surface area (Å²) in [5.74, 6) is 0. The van der Waals surface area contributed by atoms with Crippen LogP contribution < -0.4 is 4.90 Å². The van der Waals surface area contributed by atoms with Crippen LogP contribution in [0.2, 0.25) is 0 Å². The van der Waals surface area contributed by atoms with Crippen molar-refractivity contribution in [2.45, 2.75) is 0 Å². The third kappa shape index (κ3) is 4.28. The first-order valence-corrected chi connectivity index (χ1v) is 16.6. The standard InChI is InChI=1S/C45H30N4/c1-3-15-32(16-4-1)48-40-21-9-7-19-36(40)38-29-34(24-26-42(38)48)47(44-23-11-13-31-14-12-28-46-45(31)44)35-25-27-43-39(30-35)37-20-8-10-22-41(37)49(43)33-17-5-2-6-18-33/h1-30H. The Kier molecular flexibility index (Phi) is 6.15. The van der Waals surface area contributed by atoms with Gasteiger partial charge in [-0.05, 0) is 84.9 Å². The van der Waals surface area contributed by atoms with Crippen molar-refractivity contribution in [1.82, 2.24) is 14.1 Å². The highest BCUT2D eigenvalue weighted by atomic mass is 15.2. The maximum absolute atomic E-state index is 4.92. The number of aromatic nitrogens is 3. The van der Waals surface area contributed by atoms with Gasteiger partial charge in [-0.1, -0.05) is 91.0 Å². The monoisotopic (exact) mass is 626 g/mol. The molecule has 0 unspecified atom stereocenters. The molecule has 4 nitrogen and oxygen atoms in total. The van der Waals surface area contributed by atoms with Gasteiger partial charge in [-0.15, -0.1) is 0 Å². The van der Waals surface area contributed by atoms with Gasteiger partial charge >= 0.3 is 0 Å². The van der Waals surface area contributed by atoms with Crippen molar-refractivity contribution in [3.05, 3.63) is 182 Å². The fraction of sp³-hybridized carbons (Fsp3) is 0. The van der Waals surface area contributed by atoms with E-state index in [1.807, 2.05) is 12.3 Å². The van der Waals surface area contributed by atoms with Crippen molar-refractivity contribution in [3.63, 3.8) is 0 Å². The SMILES string of the molecule is c1ccc(-n2c3ccccc3c3cc(N(c4ccc5c(c4)c4ccccc4n5-c4ccccc4)c4cccc5cccnc45)ccc32)cc1. The minimum Gasteiger partial charge on any atom is -0.309 e. The molecule has 0 aliphatic carbocycles. The van der Waals surface area contributed by atoms with Crippen LogP contribution in [-0.4, -0.2) is 14.1 Å². The second-order valence-corrected chi connectivity index (χ2v) is 12.5. The zero-order valence-electron chi connectivity index (χ0n) is 26.6. The van der Waals surface area contributed by atoms with Crippen LogP contribution in [0.4, 0.5) is 17.1 Å². The van der Waals surface area contributed by atoms with E-state index >= 15 is 0 Å². The number of hydrogen-bond donors (Lipinski definition) is 0. The third-order valence-corrected chi connectivity index (χ3v) is 9.71. The number of para-hydroxylation sites is 5. The summed E-state index contributed by atoms with van der Waals surface area (Å²) in [5.41, 5.74) is 11.2. The molecule has 0 amide bonds. The summed E-state index contributed by atoms with van der Waals surface area (Å²) >= 11 is 0. The molecule has 0 saturated heterocycles. The van der Waals surface area contributed by atoms with Crippen molar-refractivity contribution in [2.75, 3.05) is 4.90 Å². The first-order chi connectivity index (χ1) is 24.3. The number of fused-ring (bicyclic) bond motifs is 7. The number of nitrogens with zero attached hydrogens (tertiary/aromatic N) is 4. The van der Waals surface area contributed by atoms with Crippen molar-refractivity contribution in [1.29, 1.82) is 0 Å². The van der Waals surface area contributed by atoms with Gasteiger partial charge in [-0.3, -0.25) is 4.98 Å². The highest BCUT2D eigenvalue weighted by molar-refractivity contribution is 6.13. The number of pyridine rings is 1. The van der Waals surface area contributed by atoms with Gasteiger partial charge < -0.3 is 14.0 Å². The smallest absolute Gasteiger partial charge is 0.0942 e. The number of rotatable bonds is 5. The molecule has 4 heteroatoms. The van der Waals surface area contributed by atoms with Crippen LogP contribution >= 0.6 is 0 Å². The van der Waals surface area contributed by atoms with E-state index in [-0.39, 0.29) is 0 Å². The van der Waals surface area contributed by atoms with Crippen LogP contribution in [0.1, 0.15) is 0 Å². The molecule has 0 aliphatic heterocycles. The molecule has 0 aliphatic rings. The Bertz CT molecular complexity index is 2670. The summed E-state index contributed by atoms with van der Waals surface area (Å²) in [6.07, 6.45) is 1.89. The normalized spacial score (nSPS) is 11.7. The van der Waals surface area contributed by atoms with Gasteiger partial charge in [-0.2, -0.15) is 0 Å². The van der Waals surface area contributed by atoms with E-state index in [9.17, 15) is 0 Å². The summed E-state index contributed by atoms with van der Waals surface area (Å²) in [7, 11) is 0. The fourth-order valence-corrected chi connectivity index (χ4v) is 7.61. The van der Waals surface area contributed by atoms with Crippen molar-refractivity contribution in [2.24, 2.45) is 0 Å². The molecule has 49 heavy (non-hydrogen) atoms. The van der Waals surface area contributed by atoms with Crippen LogP contribution in [0.25, 0.3) is 65.9 Å². The van der Waals surface area contributed by atoms with Crippen LogP contribution in [-0.2, 0) is 0 Å². The fourth-order valence-electron chi connectivity index (χ4n) is 7.61. The Balaban J connectivity index is 1.26. The van der Waals surface area contributed by atoms with Gasteiger partial charge in [0, 0.05) is 55.9 Å². The largest absolute Gasteiger partial charge is 0.309 e. The first-order valence-electron chi connectivity index (χ1n) is 16.6. The van der Waals surface area contributed by atoms with Gasteiger partial charge in [-0.25, -0.2) is 0 Å². The molecule has 0 atom stereocenters. The Morgan fingerprint density at radius 2 is 0.878 bits per heavy atom. The van der Waals surface area contributed by atoms with E-state index in [0.717, 1.165) is 39.3 Å². The minimum atomic E-state index is 0.962. The molecule has 230 valence electrons. The molecule has 0 saturated carbocycles. The highest BCUT2D eigenvalue weighted by Gasteiger charge is 2.21. The molecule has 0 N–H and O–H groups in total. The average Bonchev–Trinajstić information content (AvgIpc) is 3.68. The lowest BCUT2D eigenvalue weighted by Crippen LogP contribution is -2.11. The van der Waals surface area contributed by atoms with E-state index in [1.54, 1.807) is 0 Å². The maximum atomic E-state index is 4.92. The number of hydrogen-bond acceptors (Lipinski definition) is 2. The average molecular weight is 627 g/mol. The molecular weight excluding hydrogens is 597 g/mol. The second-order valence-electron chi connectivity index (χ2n) is 12.5. The third-order valence-electron chi connectivity index (χ3n) is 9.71. The molecule has 10 aromatic rings. The van der Waals surface area contributed by atoms with Crippen molar-refractivity contribution >= 4 is 71.6 Å². The Morgan fingerprint density at radius 1 is 0.388 bits per heavy atom. The summed E-state index contributed by atoms with van der Waals surface area (Å²) < 4.78 is 4.73. The topological polar surface area (TPSA) is 26.0 Å². The number of benzene rings is 7. The van der Waals surface area contributed by atoms with Crippen LogP contribution in [0.5, 0.6) is 0 Å². The Hall–Kier alpha value is -6.65. The predicted molar refractivity (Wildman–Crippen MR) is 205 cm³/mol. The molecule has 0 radical (unpaired) electrons. The Morgan fingerprint density at radius 3 is 1.45 bits per heavy atom. The summed E-state index contributed by atoms with van der Waals surface area (Å²) in [6.45, 7) is 0. The van der Waals surface area contributed by atoms with Gasteiger partial charge in [0.25, 0.3) is 0 Å². The van der Waals surface area contributed by atoms with Gasteiger partial charge in [0.15, 0.2) is 0 Å². The van der Waals surface area contributed by atoms with E-state index in [1.165, 1.54) is 43.6 Å². The quantitative estimate of drug-likeness (QED) is 0.190. The molecule has 3 aromatic heterocycles. The number of anilines is 3. The van der Waals surface area contributed by atoms with E-state index in [0.29, 0.717) is 0 Å². The lowest BCUT2D eigenvalue weighted by Gasteiger charge is -2.27. The predicted octanol–water partition coefficient (Wildman–Crippen LogP) is 11.9. The lowest BCUT2D eigenvalue weighted by molar-refractivity contribution is 1.18. The minimum absolute atomic E-state index is 0.962. The van der Waals surface area contributed by atoms with Crippen LogP contribution in [0.3, 0.4) is 0 Å².